The molecule has 0 aliphatic rings. The van der Waals surface area contributed by atoms with Gasteiger partial charge in [0.05, 0.1) is 10.8 Å². The van der Waals surface area contributed by atoms with E-state index in [1.807, 2.05) is 0 Å². The molecule has 0 radical (unpaired) electrons. The topological polar surface area (TPSA) is 113 Å². The van der Waals surface area contributed by atoms with Crippen LogP contribution in [0.15, 0.2) is 100 Å². The summed E-state index contributed by atoms with van der Waals surface area (Å²) in [5, 5.41) is 10.9. The van der Waals surface area contributed by atoms with Crippen LogP contribution in [0.25, 0.3) is 6.08 Å². The van der Waals surface area contributed by atoms with Gasteiger partial charge in [-0.1, -0.05) is 41.6 Å². The number of halogens is 3. The molecular weight excluding hydrogens is 569 g/mol. The number of alkyl halides is 3. The van der Waals surface area contributed by atoms with Crippen LogP contribution < -0.4 is 16.0 Å². The lowest BCUT2D eigenvalue weighted by Crippen LogP contribution is -2.30. The first kappa shape index (κ1) is 30.1. The van der Waals surface area contributed by atoms with Gasteiger partial charge in [0.1, 0.15) is 11.5 Å². The van der Waals surface area contributed by atoms with E-state index in [4.69, 9.17) is 4.52 Å². The van der Waals surface area contributed by atoms with Crippen molar-refractivity contribution in [1.82, 2.24) is 10.5 Å². The summed E-state index contributed by atoms with van der Waals surface area (Å²) in [5.41, 5.74) is -1.08. The Morgan fingerprint density at radius 3 is 2.24 bits per heavy atom. The fourth-order valence-electron chi connectivity index (χ4n) is 3.71. The smallest absolute Gasteiger partial charge is 0.360 e. The summed E-state index contributed by atoms with van der Waals surface area (Å²) >= 11 is 1.27. The molecule has 4 aromatic rings. The molecule has 3 aromatic carbocycles. The number of aromatic nitrogens is 1. The Morgan fingerprint density at radius 1 is 0.929 bits per heavy atom. The molecule has 216 valence electrons. The quantitative estimate of drug-likeness (QED) is 0.150. The minimum Gasteiger partial charge on any atom is -0.360 e. The van der Waals surface area contributed by atoms with Crippen LogP contribution in [0.5, 0.6) is 0 Å². The first-order valence-electron chi connectivity index (χ1n) is 12.6. The standard InChI is InChI=1S/C30H25F3N4O4S/c1-18-16-26(37-41-18)36-27(38)19(2)42-23-14-12-22(13-15-23)34-29(40)25(35-28(39)20-8-4-3-5-9-20)17-21-10-6-7-11-24(21)30(31,32)33/h3-17,19H,1-2H3,(H,34,40)(H,35,39)(H,36,37,38). The molecule has 42 heavy (non-hydrogen) atoms. The maximum Gasteiger partial charge on any atom is 0.416 e. The number of carbonyl (C=O) groups is 3. The van der Waals surface area contributed by atoms with Crippen molar-refractivity contribution in [2.24, 2.45) is 0 Å². The molecule has 8 nitrogen and oxygen atoms in total. The number of rotatable bonds is 9. The SMILES string of the molecule is Cc1cc(NC(=O)C(C)Sc2ccc(NC(=O)C(=Cc3ccccc3C(F)(F)F)NC(=O)c3ccccc3)cc2)no1. The van der Waals surface area contributed by atoms with Crippen molar-refractivity contribution < 1.29 is 32.1 Å². The van der Waals surface area contributed by atoms with Crippen molar-refractivity contribution in [2.45, 2.75) is 30.2 Å². The van der Waals surface area contributed by atoms with Crippen molar-refractivity contribution in [2.75, 3.05) is 10.6 Å². The molecule has 0 bridgehead atoms. The van der Waals surface area contributed by atoms with Crippen LogP contribution in [0, 0.1) is 6.92 Å². The summed E-state index contributed by atoms with van der Waals surface area (Å²) in [5.74, 6) is -0.906. The van der Waals surface area contributed by atoms with Crippen LogP contribution in [0.1, 0.15) is 34.2 Å². The molecule has 12 heteroatoms. The Morgan fingerprint density at radius 2 is 1.60 bits per heavy atom. The van der Waals surface area contributed by atoms with E-state index in [0.29, 0.717) is 17.3 Å². The highest BCUT2D eigenvalue weighted by Crippen LogP contribution is 2.33. The molecule has 1 heterocycles. The molecule has 3 amide bonds. The van der Waals surface area contributed by atoms with Gasteiger partial charge in [-0.05, 0) is 68.0 Å². The number of hydrogen-bond donors (Lipinski definition) is 3. The zero-order valence-electron chi connectivity index (χ0n) is 22.4. The van der Waals surface area contributed by atoms with E-state index in [1.54, 1.807) is 62.4 Å². The van der Waals surface area contributed by atoms with Gasteiger partial charge in [0.25, 0.3) is 11.8 Å². The number of aryl methyl sites for hydroxylation is 1. The van der Waals surface area contributed by atoms with Crippen LogP contribution in [0.2, 0.25) is 0 Å². The third kappa shape index (κ3) is 8.10. The number of anilines is 2. The summed E-state index contributed by atoms with van der Waals surface area (Å²) in [6.07, 6.45) is -3.69. The van der Waals surface area contributed by atoms with Crippen molar-refractivity contribution in [1.29, 1.82) is 0 Å². The zero-order chi connectivity index (χ0) is 30.3. The molecule has 4 rings (SSSR count). The predicted molar refractivity (Wildman–Crippen MR) is 154 cm³/mol. The third-order valence-electron chi connectivity index (χ3n) is 5.77. The number of nitrogens with one attached hydrogen (secondary N) is 3. The molecule has 0 aliphatic carbocycles. The van der Waals surface area contributed by atoms with Gasteiger partial charge in [0.15, 0.2) is 5.82 Å². The molecule has 3 N–H and O–H groups in total. The molecular formula is C30H25F3N4O4S. The van der Waals surface area contributed by atoms with E-state index in [1.165, 1.54) is 42.1 Å². The third-order valence-corrected chi connectivity index (χ3v) is 6.88. The van der Waals surface area contributed by atoms with E-state index in [2.05, 4.69) is 21.1 Å². The summed E-state index contributed by atoms with van der Waals surface area (Å²) < 4.78 is 45.8. The lowest BCUT2D eigenvalue weighted by Gasteiger charge is -2.14. The summed E-state index contributed by atoms with van der Waals surface area (Å²) in [6, 6.07) is 20.8. The number of carbonyl (C=O) groups excluding carboxylic acids is 3. The number of thioether (sulfide) groups is 1. The Labute approximate surface area is 243 Å². The van der Waals surface area contributed by atoms with Crippen LogP contribution in [-0.4, -0.2) is 28.1 Å². The molecule has 0 aliphatic heterocycles. The normalized spacial score (nSPS) is 12.4. The first-order valence-corrected chi connectivity index (χ1v) is 13.4. The van der Waals surface area contributed by atoms with Crippen molar-refractivity contribution >= 4 is 47.1 Å². The highest BCUT2D eigenvalue weighted by molar-refractivity contribution is 8.00. The second kappa shape index (κ2) is 13.2. The van der Waals surface area contributed by atoms with E-state index < -0.39 is 28.8 Å². The molecule has 1 aromatic heterocycles. The van der Waals surface area contributed by atoms with E-state index in [0.717, 1.165) is 17.0 Å². The van der Waals surface area contributed by atoms with E-state index in [-0.39, 0.29) is 22.7 Å². The summed E-state index contributed by atoms with van der Waals surface area (Å²) in [6.45, 7) is 3.42. The largest absolute Gasteiger partial charge is 0.416 e. The zero-order valence-corrected chi connectivity index (χ0v) is 23.2. The molecule has 0 saturated heterocycles. The maximum atomic E-state index is 13.6. The predicted octanol–water partition coefficient (Wildman–Crippen LogP) is 6.53. The van der Waals surface area contributed by atoms with Gasteiger partial charge >= 0.3 is 6.18 Å². The number of amides is 3. The van der Waals surface area contributed by atoms with Crippen LogP contribution in [-0.2, 0) is 15.8 Å². The van der Waals surface area contributed by atoms with Gasteiger partial charge in [-0.25, -0.2) is 0 Å². The average Bonchev–Trinajstić information content (AvgIpc) is 3.37. The fourth-order valence-corrected chi connectivity index (χ4v) is 4.57. The lowest BCUT2D eigenvalue weighted by molar-refractivity contribution is -0.137. The molecule has 1 unspecified atom stereocenters. The molecule has 0 saturated carbocycles. The maximum absolute atomic E-state index is 13.6. The van der Waals surface area contributed by atoms with Gasteiger partial charge < -0.3 is 20.5 Å². The van der Waals surface area contributed by atoms with Gasteiger partial charge in [0.2, 0.25) is 5.91 Å². The number of nitrogens with zero attached hydrogens (tertiary/aromatic N) is 1. The summed E-state index contributed by atoms with van der Waals surface area (Å²) in [4.78, 5) is 39.2. The lowest BCUT2D eigenvalue weighted by atomic mass is 10.1. The Bertz CT molecular complexity index is 1600. The van der Waals surface area contributed by atoms with Gasteiger partial charge in [-0.2, -0.15) is 13.2 Å². The Kier molecular flexibility index (Phi) is 9.48. The Hall–Kier alpha value is -4.84. The molecule has 0 spiro atoms. The highest BCUT2D eigenvalue weighted by Gasteiger charge is 2.33. The monoisotopic (exact) mass is 594 g/mol. The van der Waals surface area contributed by atoms with Gasteiger partial charge in [-0.15, -0.1) is 11.8 Å². The minimum absolute atomic E-state index is 0.221. The molecule has 0 fully saturated rings. The van der Waals surface area contributed by atoms with Crippen molar-refractivity contribution in [3.63, 3.8) is 0 Å². The van der Waals surface area contributed by atoms with Gasteiger partial charge in [0, 0.05) is 22.2 Å². The fraction of sp³-hybridized carbons (Fsp3) is 0.133. The highest BCUT2D eigenvalue weighted by atomic mass is 32.2. The number of hydrogen-bond acceptors (Lipinski definition) is 6. The van der Waals surface area contributed by atoms with E-state index >= 15 is 0 Å². The van der Waals surface area contributed by atoms with E-state index in [9.17, 15) is 27.6 Å². The molecule has 1 atom stereocenters. The minimum atomic E-state index is -4.67. The van der Waals surface area contributed by atoms with Crippen LogP contribution >= 0.6 is 11.8 Å². The van der Waals surface area contributed by atoms with Crippen LogP contribution in [0.3, 0.4) is 0 Å². The Balaban J connectivity index is 1.50. The second-order valence-corrected chi connectivity index (χ2v) is 10.4. The summed E-state index contributed by atoms with van der Waals surface area (Å²) in [7, 11) is 0. The number of benzene rings is 3. The van der Waals surface area contributed by atoms with Gasteiger partial charge in [-0.3, -0.25) is 14.4 Å². The first-order chi connectivity index (χ1) is 20.0. The average molecular weight is 595 g/mol. The second-order valence-electron chi connectivity index (χ2n) is 9.01. The van der Waals surface area contributed by atoms with Crippen molar-refractivity contribution in [3.05, 3.63) is 113 Å². The van der Waals surface area contributed by atoms with Crippen molar-refractivity contribution in [3.8, 4) is 0 Å². The van der Waals surface area contributed by atoms with Crippen LogP contribution in [0.4, 0.5) is 24.7 Å².